The monoisotopic (exact) mass is 277 g/mol. The standard InChI is InChI=1S/C14H16FN3O2/c1-9(2)5-6-18-8-11(14(19)20)13(17-18)12-4-3-10(15)7-16-12/h3-4,7-9H,5-6H2,1-2H3,(H,19,20). The highest BCUT2D eigenvalue weighted by atomic mass is 19.1. The number of carboxylic acids is 1. The van der Waals surface area contributed by atoms with E-state index in [0.717, 1.165) is 12.6 Å². The van der Waals surface area contributed by atoms with E-state index in [1.807, 2.05) is 0 Å². The van der Waals surface area contributed by atoms with Crippen LogP contribution < -0.4 is 0 Å². The summed E-state index contributed by atoms with van der Waals surface area (Å²) < 4.78 is 14.5. The summed E-state index contributed by atoms with van der Waals surface area (Å²) in [7, 11) is 0. The van der Waals surface area contributed by atoms with Gasteiger partial charge in [0, 0.05) is 12.7 Å². The molecule has 20 heavy (non-hydrogen) atoms. The molecule has 2 rings (SSSR count). The first-order valence-corrected chi connectivity index (χ1v) is 6.40. The maximum absolute atomic E-state index is 12.9. The van der Waals surface area contributed by atoms with E-state index < -0.39 is 11.8 Å². The third kappa shape index (κ3) is 3.20. The lowest BCUT2D eigenvalue weighted by Crippen LogP contribution is -2.02. The number of halogens is 1. The fourth-order valence-electron chi connectivity index (χ4n) is 1.79. The van der Waals surface area contributed by atoms with Crippen LogP contribution in [0.4, 0.5) is 4.39 Å². The maximum Gasteiger partial charge on any atom is 0.339 e. The van der Waals surface area contributed by atoms with Gasteiger partial charge < -0.3 is 5.11 Å². The van der Waals surface area contributed by atoms with Gasteiger partial charge in [-0.25, -0.2) is 9.18 Å². The van der Waals surface area contributed by atoms with Gasteiger partial charge in [0.1, 0.15) is 17.1 Å². The van der Waals surface area contributed by atoms with Crippen molar-refractivity contribution >= 4 is 5.97 Å². The topological polar surface area (TPSA) is 68.0 Å². The molecule has 0 aliphatic rings. The number of hydrogen-bond donors (Lipinski definition) is 1. The van der Waals surface area contributed by atoms with E-state index in [2.05, 4.69) is 23.9 Å². The van der Waals surface area contributed by atoms with Crippen molar-refractivity contribution in [2.45, 2.75) is 26.8 Å². The first kappa shape index (κ1) is 14.2. The SMILES string of the molecule is CC(C)CCn1cc(C(=O)O)c(-c2ccc(F)cn2)n1. The van der Waals surface area contributed by atoms with Crippen molar-refractivity contribution in [2.24, 2.45) is 5.92 Å². The lowest BCUT2D eigenvalue weighted by Gasteiger charge is -2.03. The molecular formula is C14H16FN3O2. The zero-order valence-electron chi connectivity index (χ0n) is 11.4. The highest BCUT2D eigenvalue weighted by molar-refractivity contribution is 5.94. The number of aryl methyl sites for hydroxylation is 1. The molecule has 0 radical (unpaired) electrons. The molecule has 106 valence electrons. The molecular weight excluding hydrogens is 261 g/mol. The Balaban J connectivity index is 2.35. The Morgan fingerprint density at radius 3 is 2.75 bits per heavy atom. The van der Waals surface area contributed by atoms with Crippen molar-refractivity contribution in [3.63, 3.8) is 0 Å². The summed E-state index contributed by atoms with van der Waals surface area (Å²) in [5.74, 6) is -1.04. The fraction of sp³-hybridized carbons (Fsp3) is 0.357. The molecule has 6 heteroatoms. The van der Waals surface area contributed by atoms with Crippen LogP contribution in [0.3, 0.4) is 0 Å². The van der Waals surface area contributed by atoms with Gasteiger partial charge in [0.25, 0.3) is 0 Å². The maximum atomic E-state index is 12.9. The minimum absolute atomic E-state index is 0.0767. The zero-order valence-corrected chi connectivity index (χ0v) is 11.4. The second-order valence-electron chi connectivity index (χ2n) is 5.00. The smallest absolute Gasteiger partial charge is 0.339 e. The number of carboxylic acid groups (broad SMARTS) is 1. The van der Waals surface area contributed by atoms with Crippen LogP contribution >= 0.6 is 0 Å². The van der Waals surface area contributed by atoms with Crippen LogP contribution in [0.25, 0.3) is 11.4 Å². The Labute approximate surface area is 116 Å². The average Bonchev–Trinajstić information content (AvgIpc) is 2.81. The lowest BCUT2D eigenvalue weighted by atomic mass is 10.1. The molecule has 0 unspecified atom stereocenters. The van der Waals surface area contributed by atoms with Crippen LogP contribution in [0.2, 0.25) is 0 Å². The third-order valence-electron chi connectivity index (χ3n) is 2.90. The molecule has 5 nitrogen and oxygen atoms in total. The van der Waals surface area contributed by atoms with Crippen LogP contribution in [0.15, 0.2) is 24.5 Å². The minimum Gasteiger partial charge on any atom is -0.478 e. The molecule has 0 fully saturated rings. The van der Waals surface area contributed by atoms with Crippen LogP contribution in [0.5, 0.6) is 0 Å². The van der Waals surface area contributed by atoms with Gasteiger partial charge >= 0.3 is 5.97 Å². The van der Waals surface area contributed by atoms with Crippen LogP contribution in [-0.2, 0) is 6.54 Å². The highest BCUT2D eigenvalue weighted by Gasteiger charge is 2.18. The number of nitrogens with zero attached hydrogens (tertiary/aromatic N) is 3. The molecule has 0 spiro atoms. The Morgan fingerprint density at radius 2 is 2.20 bits per heavy atom. The van der Waals surface area contributed by atoms with Gasteiger partial charge in [0.05, 0.1) is 11.9 Å². The van der Waals surface area contributed by atoms with Crippen molar-refractivity contribution in [3.05, 3.63) is 35.9 Å². The van der Waals surface area contributed by atoms with E-state index in [9.17, 15) is 14.3 Å². The number of aromatic carboxylic acids is 1. The summed E-state index contributed by atoms with van der Waals surface area (Å²) in [5.41, 5.74) is 0.696. The fourth-order valence-corrected chi connectivity index (χ4v) is 1.79. The Bertz CT molecular complexity index is 605. The number of aromatic nitrogens is 3. The number of hydrogen-bond acceptors (Lipinski definition) is 3. The van der Waals surface area contributed by atoms with Crippen molar-refractivity contribution in [1.29, 1.82) is 0 Å². The molecule has 0 atom stereocenters. The molecule has 2 aromatic rings. The number of carbonyl (C=O) groups is 1. The van der Waals surface area contributed by atoms with Gasteiger partial charge in [-0.1, -0.05) is 13.8 Å². The second-order valence-corrected chi connectivity index (χ2v) is 5.00. The molecule has 2 heterocycles. The van der Waals surface area contributed by atoms with Crippen LogP contribution in [0, 0.1) is 11.7 Å². The Hall–Kier alpha value is -2.24. The van der Waals surface area contributed by atoms with E-state index >= 15 is 0 Å². The van der Waals surface area contributed by atoms with Gasteiger partial charge in [0.2, 0.25) is 0 Å². The molecule has 0 saturated carbocycles. The van der Waals surface area contributed by atoms with Gasteiger partial charge in [0.15, 0.2) is 0 Å². The molecule has 0 aliphatic carbocycles. The molecule has 0 saturated heterocycles. The third-order valence-corrected chi connectivity index (χ3v) is 2.90. The summed E-state index contributed by atoms with van der Waals surface area (Å²) in [6.07, 6.45) is 3.44. The molecule has 0 bridgehead atoms. The zero-order chi connectivity index (χ0) is 14.7. The van der Waals surface area contributed by atoms with Crippen molar-refractivity contribution in [2.75, 3.05) is 0 Å². The highest BCUT2D eigenvalue weighted by Crippen LogP contribution is 2.20. The first-order valence-electron chi connectivity index (χ1n) is 6.40. The largest absolute Gasteiger partial charge is 0.478 e. The van der Waals surface area contributed by atoms with E-state index in [4.69, 9.17) is 0 Å². The number of pyridine rings is 1. The Morgan fingerprint density at radius 1 is 1.45 bits per heavy atom. The summed E-state index contributed by atoms with van der Waals surface area (Å²) >= 11 is 0. The lowest BCUT2D eigenvalue weighted by molar-refractivity contribution is 0.0697. The van der Waals surface area contributed by atoms with E-state index in [1.165, 1.54) is 18.3 Å². The van der Waals surface area contributed by atoms with E-state index in [-0.39, 0.29) is 11.3 Å². The molecule has 0 aliphatic heterocycles. The first-order chi connectivity index (χ1) is 9.47. The quantitative estimate of drug-likeness (QED) is 0.912. The minimum atomic E-state index is -1.07. The van der Waals surface area contributed by atoms with E-state index in [0.29, 0.717) is 18.2 Å². The summed E-state index contributed by atoms with van der Waals surface area (Å²) in [5, 5.41) is 13.5. The van der Waals surface area contributed by atoms with Crippen molar-refractivity contribution < 1.29 is 14.3 Å². The van der Waals surface area contributed by atoms with Crippen molar-refractivity contribution in [3.8, 4) is 11.4 Å². The summed E-state index contributed by atoms with van der Waals surface area (Å²) in [4.78, 5) is 15.1. The van der Waals surface area contributed by atoms with Crippen LogP contribution in [0.1, 0.15) is 30.6 Å². The van der Waals surface area contributed by atoms with Crippen LogP contribution in [-0.4, -0.2) is 25.8 Å². The molecule has 2 aromatic heterocycles. The molecule has 1 N–H and O–H groups in total. The van der Waals surface area contributed by atoms with Gasteiger partial charge in [-0.3, -0.25) is 9.67 Å². The Kier molecular flexibility index (Phi) is 4.12. The molecule has 0 amide bonds. The normalized spacial score (nSPS) is 11.0. The van der Waals surface area contributed by atoms with E-state index in [1.54, 1.807) is 4.68 Å². The molecule has 0 aromatic carbocycles. The predicted octanol–water partition coefficient (Wildman–Crippen LogP) is 2.83. The average molecular weight is 277 g/mol. The predicted molar refractivity (Wildman–Crippen MR) is 71.8 cm³/mol. The van der Waals surface area contributed by atoms with Gasteiger partial charge in [-0.05, 0) is 24.5 Å². The summed E-state index contributed by atoms with van der Waals surface area (Å²) in [6.45, 7) is 4.81. The van der Waals surface area contributed by atoms with Gasteiger partial charge in [-0.15, -0.1) is 0 Å². The second kappa shape index (κ2) is 5.81. The summed E-state index contributed by atoms with van der Waals surface area (Å²) in [6, 6.07) is 2.66. The number of rotatable bonds is 5. The van der Waals surface area contributed by atoms with Gasteiger partial charge in [-0.2, -0.15) is 5.10 Å². The van der Waals surface area contributed by atoms with Crippen molar-refractivity contribution in [1.82, 2.24) is 14.8 Å².